The highest BCUT2D eigenvalue weighted by Crippen LogP contribution is 2.20. The van der Waals surface area contributed by atoms with Crippen LogP contribution in [-0.2, 0) is 16.1 Å². The first kappa shape index (κ1) is 17.0. The molecule has 0 atom stereocenters. The molecular weight excluding hydrogens is 347 g/mol. The molecule has 5 nitrogen and oxygen atoms in total. The van der Waals surface area contributed by atoms with E-state index in [1.54, 1.807) is 22.7 Å². The molecule has 0 radical (unpaired) electrons. The largest absolute Gasteiger partial charge is 0.494 e. The van der Waals surface area contributed by atoms with Gasteiger partial charge in [-0.2, -0.15) is 0 Å². The van der Waals surface area contributed by atoms with Crippen LogP contribution >= 0.6 is 11.6 Å². The van der Waals surface area contributed by atoms with Crippen LogP contribution in [0, 0.1) is 5.82 Å². The molecule has 0 spiro atoms. The van der Waals surface area contributed by atoms with Crippen molar-refractivity contribution in [3.63, 3.8) is 0 Å². The van der Waals surface area contributed by atoms with Crippen molar-refractivity contribution in [1.29, 1.82) is 0 Å². The molecule has 3 aromatic rings. The van der Waals surface area contributed by atoms with Crippen LogP contribution in [0.15, 0.2) is 48.7 Å². The molecule has 2 aromatic heterocycles. The maximum Gasteiger partial charge on any atom is 0.331 e. The molecule has 7 heteroatoms. The normalized spacial score (nSPS) is 11.2. The fourth-order valence-electron chi connectivity index (χ4n) is 2.28. The van der Waals surface area contributed by atoms with Gasteiger partial charge in [0.1, 0.15) is 12.3 Å². The lowest BCUT2D eigenvalue weighted by Crippen LogP contribution is -2.01. The standard InChI is InChI=1S/C18H14ClFN2O3/c1-24-15-7-5-12(10-13(15)20)11-25-17(23)8-6-14-18(19)21-16-4-2-3-9-22(14)16/h2-10H,11H2,1H3/b8-6+. The van der Waals surface area contributed by atoms with Crippen molar-refractivity contribution in [1.82, 2.24) is 9.38 Å². The van der Waals surface area contributed by atoms with Gasteiger partial charge in [-0.15, -0.1) is 0 Å². The lowest BCUT2D eigenvalue weighted by molar-refractivity contribution is -0.138. The number of pyridine rings is 1. The topological polar surface area (TPSA) is 52.8 Å². The van der Waals surface area contributed by atoms with Crippen molar-refractivity contribution in [2.75, 3.05) is 7.11 Å². The lowest BCUT2D eigenvalue weighted by atomic mass is 10.2. The van der Waals surface area contributed by atoms with Gasteiger partial charge in [0.15, 0.2) is 16.7 Å². The zero-order valence-electron chi connectivity index (χ0n) is 13.3. The number of nitrogens with zero attached hydrogens (tertiary/aromatic N) is 2. The van der Waals surface area contributed by atoms with Gasteiger partial charge in [-0.1, -0.05) is 23.7 Å². The number of rotatable bonds is 5. The molecule has 2 heterocycles. The highest BCUT2D eigenvalue weighted by Gasteiger charge is 2.08. The third-order valence-corrected chi connectivity index (χ3v) is 3.77. The molecule has 0 aliphatic heterocycles. The van der Waals surface area contributed by atoms with E-state index >= 15 is 0 Å². The third-order valence-electron chi connectivity index (χ3n) is 3.50. The lowest BCUT2D eigenvalue weighted by Gasteiger charge is -2.05. The Kier molecular flexibility index (Phi) is 5.00. The summed E-state index contributed by atoms with van der Waals surface area (Å²) in [6.45, 7) is -0.0506. The van der Waals surface area contributed by atoms with Gasteiger partial charge in [0.25, 0.3) is 0 Å². The van der Waals surface area contributed by atoms with Crippen molar-refractivity contribution in [2.45, 2.75) is 6.61 Å². The van der Waals surface area contributed by atoms with Crippen molar-refractivity contribution >= 4 is 29.3 Å². The van der Waals surface area contributed by atoms with E-state index < -0.39 is 11.8 Å². The van der Waals surface area contributed by atoms with Crippen LogP contribution in [0.5, 0.6) is 5.75 Å². The number of esters is 1. The molecular formula is C18H14ClFN2O3. The summed E-state index contributed by atoms with van der Waals surface area (Å²) in [7, 11) is 1.38. The number of hydrogen-bond acceptors (Lipinski definition) is 4. The van der Waals surface area contributed by atoms with Gasteiger partial charge in [-0.25, -0.2) is 14.2 Å². The van der Waals surface area contributed by atoms with E-state index in [0.717, 1.165) is 0 Å². The van der Waals surface area contributed by atoms with Crippen molar-refractivity contribution in [2.24, 2.45) is 0 Å². The highest BCUT2D eigenvalue weighted by molar-refractivity contribution is 6.31. The first-order valence-electron chi connectivity index (χ1n) is 7.38. The molecule has 0 aliphatic rings. The van der Waals surface area contributed by atoms with E-state index in [1.807, 2.05) is 12.1 Å². The van der Waals surface area contributed by atoms with E-state index in [1.165, 1.54) is 31.4 Å². The number of methoxy groups -OCH3 is 1. The fraction of sp³-hybridized carbons (Fsp3) is 0.111. The summed E-state index contributed by atoms with van der Waals surface area (Å²) in [5.74, 6) is -0.945. The SMILES string of the molecule is COc1ccc(COC(=O)/C=C/c2c(Cl)nc3ccccn23)cc1F. The van der Waals surface area contributed by atoms with Crippen molar-refractivity contribution in [3.8, 4) is 5.75 Å². The number of aromatic nitrogens is 2. The molecule has 0 fully saturated rings. The van der Waals surface area contributed by atoms with E-state index in [0.29, 0.717) is 16.9 Å². The Balaban J connectivity index is 1.67. The average Bonchev–Trinajstić information content (AvgIpc) is 2.93. The second-order valence-corrected chi connectivity index (χ2v) is 5.48. The molecule has 0 N–H and O–H groups in total. The maximum atomic E-state index is 13.6. The van der Waals surface area contributed by atoms with Crippen molar-refractivity contribution < 1.29 is 18.7 Å². The maximum absolute atomic E-state index is 13.6. The predicted molar refractivity (Wildman–Crippen MR) is 92.0 cm³/mol. The number of ether oxygens (including phenoxy) is 2. The highest BCUT2D eigenvalue weighted by atomic mass is 35.5. The molecule has 0 saturated heterocycles. The van der Waals surface area contributed by atoms with Crippen molar-refractivity contribution in [3.05, 3.63) is 70.9 Å². The minimum absolute atomic E-state index is 0.0506. The summed E-state index contributed by atoms with van der Waals surface area (Å²) >= 11 is 6.08. The van der Waals surface area contributed by atoms with Gasteiger partial charge in [0, 0.05) is 12.3 Å². The van der Waals surface area contributed by atoms with Crippen LogP contribution in [0.2, 0.25) is 5.15 Å². The summed E-state index contributed by atoms with van der Waals surface area (Å²) in [5, 5.41) is 0.285. The number of hydrogen-bond donors (Lipinski definition) is 0. The zero-order valence-corrected chi connectivity index (χ0v) is 14.0. The number of imidazole rings is 1. The minimum Gasteiger partial charge on any atom is -0.494 e. The van der Waals surface area contributed by atoms with E-state index in [-0.39, 0.29) is 17.5 Å². The minimum atomic E-state index is -0.571. The number of carbonyl (C=O) groups excluding carboxylic acids is 1. The zero-order chi connectivity index (χ0) is 17.8. The summed E-state index contributed by atoms with van der Waals surface area (Å²) < 4.78 is 25.3. The second kappa shape index (κ2) is 7.36. The third kappa shape index (κ3) is 3.80. The van der Waals surface area contributed by atoms with Crippen LogP contribution in [0.4, 0.5) is 4.39 Å². The quantitative estimate of drug-likeness (QED) is 0.511. The second-order valence-electron chi connectivity index (χ2n) is 5.13. The molecule has 0 aliphatic carbocycles. The molecule has 25 heavy (non-hydrogen) atoms. The number of halogens is 2. The fourth-order valence-corrected chi connectivity index (χ4v) is 2.53. The molecule has 128 valence electrons. The van der Waals surface area contributed by atoms with Gasteiger partial charge in [0.05, 0.1) is 12.8 Å². The Morgan fingerprint density at radius 3 is 2.96 bits per heavy atom. The Bertz CT molecular complexity index is 953. The van der Waals surface area contributed by atoms with Gasteiger partial charge in [0.2, 0.25) is 0 Å². The summed E-state index contributed by atoms with van der Waals surface area (Å²) in [6, 6.07) is 9.84. The Labute approximate surface area is 148 Å². The van der Waals surface area contributed by atoms with E-state index in [9.17, 15) is 9.18 Å². The number of carbonyl (C=O) groups is 1. The summed E-state index contributed by atoms with van der Waals surface area (Å²) in [6.07, 6.45) is 4.57. The molecule has 0 saturated carbocycles. The Hall–Kier alpha value is -2.86. The molecule has 0 amide bonds. The van der Waals surface area contributed by atoms with Crippen LogP contribution in [0.3, 0.4) is 0 Å². The predicted octanol–water partition coefficient (Wildman–Crippen LogP) is 3.89. The molecule has 3 rings (SSSR count). The summed E-state index contributed by atoms with van der Waals surface area (Å²) in [5.41, 5.74) is 1.77. The Morgan fingerprint density at radius 2 is 2.20 bits per heavy atom. The first-order valence-corrected chi connectivity index (χ1v) is 7.76. The first-order chi connectivity index (χ1) is 12.1. The average molecular weight is 361 g/mol. The van der Waals surface area contributed by atoms with E-state index in [4.69, 9.17) is 21.1 Å². The van der Waals surface area contributed by atoms with Gasteiger partial charge >= 0.3 is 5.97 Å². The molecule has 1 aromatic carbocycles. The summed E-state index contributed by atoms with van der Waals surface area (Å²) in [4.78, 5) is 16.0. The van der Waals surface area contributed by atoms with Gasteiger partial charge in [-0.3, -0.25) is 4.40 Å². The van der Waals surface area contributed by atoms with Gasteiger partial charge < -0.3 is 9.47 Å². The molecule has 0 bridgehead atoms. The van der Waals surface area contributed by atoms with E-state index in [2.05, 4.69) is 4.98 Å². The number of benzene rings is 1. The van der Waals surface area contributed by atoms with Crippen LogP contribution in [0.25, 0.3) is 11.7 Å². The van der Waals surface area contributed by atoms with Crippen LogP contribution in [0.1, 0.15) is 11.3 Å². The van der Waals surface area contributed by atoms with Gasteiger partial charge in [-0.05, 0) is 35.9 Å². The smallest absolute Gasteiger partial charge is 0.331 e. The van der Waals surface area contributed by atoms with Crippen LogP contribution in [-0.4, -0.2) is 22.5 Å². The monoisotopic (exact) mass is 360 g/mol. The Morgan fingerprint density at radius 1 is 1.36 bits per heavy atom. The van der Waals surface area contributed by atoms with Crippen LogP contribution < -0.4 is 4.74 Å². The molecule has 0 unspecified atom stereocenters. The number of fused-ring (bicyclic) bond motifs is 1.